The van der Waals surface area contributed by atoms with Gasteiger partial charge in [-0.25, -0.2) is 22.0 Å². The molecule has 12 heteroatoms. The van der Waals surface area contributed by atoms with Crippen LogP contribution in [-0.2, 0) is 12.5 Å². The quantitative estimate of drug-likeness (QED) is 0.101. The van der Waals surface area contributed by atoms with E-state index in [4.69, 9.17) is 0 Å². The standard InChI is InChI=1S/C37H26F10O2/c1-2-3-4-5-21-6-13-27(29(38)16-21)24-9-14-28(30(39)18-24)25-19-32(41)35(33(42)20-25)36(43,44)48-26-11-7-22(8-12-26)23-10-15-34(31(40)17-23)49-37(45,46)47/h6-20H,2-5H2,1H3. The molecule has 5 aromatic rings. The zero-order chi connectivity index (χ0) is 35.5. The topological polar surface area (TPSA) is 18.5 Å². The van der Waals surface area contributed by atoms with Crippen LogP contribution in [0, 0.1) is 29.1 Å². The normalized spacial score (nSPS) is 11.9. The number of hydrogen-bond acceptors (Lipinski definition) is 2. The van der Waals surface area contributed by atoms with Crippen LogP contribution in [0.2, 0.25) is 0 Å². The fourth-order valence-electron chi connectivity index (χ4n) is 5.25. The third-order valence-electron chi connectivity index (χ3n) is 7.62. The molecule has 256 valence electrons. The van der Waals surface area contributed by atoms with Crippen LogP contribution in [0.15, 0.2) is 91.0 Å². The first-order chi connectivity index (χ1) is 23.1. The lowest BCUT2D eigenvalue weighted by Gasteiger charge is -2.20. The number of aryl methyl sites for hydroxylation is 1. The van der Waals surface area contributed by atoms with Gasteiger partial charge in [-0.2, -0.15) is 8.78 Å². The summed E-state index contributed by atoms with van der Waals surface area (Å²) >= 11 is 0. The minimum absolute atomic E-state index is 0.0686. The maximum Gasteiger partial charge on any atom is 0.573 e. The summed E-state index contributed by atoms with van der Waals surface area (Å²) in [6, 6.07) is 16.0. The van der Waals surface area contributed by atoms with E-state index >= 15 is 22.0 Å². The molecule has 0 amide bonds. The van der Waals surface area contributed by atoms with Crippen LogP contribution in [0.4, 0.5) is 43.9 Å². The van der Waals surface area contributed by atoms with E-state index in [2.05, 4.69) is 16.4 Å². The maximum atomic E-state index is 15.2. The van der Waals surface area contributed by atoms with Crippen molar-refractivity contribution in [3.63, 3.8) is 0 Å². The molecule has 0 atom stereocenters. The van der Waals surface area contributed by atoms with E-state index in [1.165, 1.54) is 30.3 Å². The van der Waals surface area contributed by atoms with Crippen molar-refractivity contribution in [2.24, 2.45) is 0 Å². The summed E-state index contributed by atoms with van der Waals surface area (Å²) in [4.78, 5) is 0. The van der Waals surface area contributed by atoms with E-state index in [1.807, 2.05) is 0 Å². The van der Waals surface area contributed by atoms with Gasteiger partial charge in [-0.1, -0.05) is 62.2 Å². The lowest BCUT2D eigenvalue weighted by Crippen LogP contribution is -2.25. The fourth-order valence-corrected chi connectivity index (χ4v) is 5.25. The number of ether oxygens (including phenoxy) is 2. The largest absolute Gasteiger partial charge is 0.573 e. The molecule has 0 unspecified atom stereocenters. The molecular formula is C37H26F10O2. The summed E-state index contributed by atoms with van der Waals surface area (Å²) in [5, 5.41) is 0. The van der Waals surface area contributed by atoms with Crippen LogP contribution in [0.3, 0.4) is 0 Å². The number of hydrogen-bond donors (Lipinski definition) is 0. The summed E-state index contributed by atoms with van der Waals surface area (Å²) in [6.45, 7) is 2.05. The molecule has 0 radical (unpaired) electrons. The number of unbranched alkanes of at least 4 members (excludes halogenated alkanes) is 2. The Hall–Kier alpha value is -5.00. The molecule has 0 spiro atoms. The van der Waals surface area contributed by atoms with Gasteiger partial charge in [-0.3, -0.25) is 0 Å². The highest BCUT2D eigenvalue weighted by molar-refractivity contribution is 5.72. The van der Waals surface area contributed by atoms with E-state index in [1.54, 1.807) is 6.07 Å². The molecule has 0 N–H and O–H groups in total. The summed E-state index contributed by atoms with van der Waals surface area (Å²) < 4.78 is 150. The number of benzene rings is 5. The van der Waals surface area contributed by atoms with Gasteiger partial charge in [0.1, 0.15) is 34.6 Å². The third kappa shape index (κ3) is 8.36. The van der Waals surface area contributed by atoms with Gasteiger partial charge >= 0.3 is 12.5 Å². The van der Waals surface area contributed by atoms with Gasteiger partial charge in [0, 0.05) is 11.1 Å². The number of alkyl halides is 5. The van der Waals surface area contributed by atoms with Crippen molar-refractivity contribution in [1.82, 2.24) is 0 Å². The molecule has 5 rings (SSSR count). The average molecular weight is 693 g/mol. The first-order valence-corrected chi connectivity index (χ1v) is 15.0. The Kier molecular flexibility index (Phi) is 10.3. The highest BCUT2D eigenvalue weighted by Gasteiger charge is 2.41. The van der Waals surface area contributed by atoms with Crippen LogP contribution < -0.4 is 9.47 Å². The van der Waals surface area contributed by atoms with E-state index < -0.39 is 64.2 Å². The Balaban J connectivity index is 1.33. The van der Waals surface area contributed by atoms with Crippen molar-refractivity contribution in [3.8, 4) is 44.9 Å². The van der Waals surface area contributed by atoms with Gasteiger partial charge in [0.15, 0.2) is 11.6 Å². The molecule has 2 nitrogen and oxygen atoms in total. The van der Waals surface area contributed by atoms with Crippen LogP contribution >= 0.6 is 0 Å². The highest BCUT2D eigenvalue weighted by atomic mass is 19.4. The van der Waals surface area contributed by atoms with Crippen molar-refractivity contribution in [3.05, 3.63) is 131 Å². The van der Waals surface area contributed by atoms with Gasteiger partial charge in [0.25, 0.3) is 0 Å². The molecular weight excluding hydrogens is 666 g/mol. The Labute approximate surface area is 274 Å². The second kappa shape index (κ2) is 14.2. The van der Waals surface area contributed by atoms with Crippen LogP contribution in [0.25, 0.3) is 33.4 Å². The molecule has 0 aromatic heterocycles. The average Bonchev–Trinajstić information content (AvgIpc) is 3.01. The Morgan fingerprint density at radius 2 is 1.06 bits per heavy atom. The van der Waals surface area contributed by atoms with Gasteiger partial charge < -0.3 is 9.47 Å². The molecule has 0 saturated heterocycles. The van der Waals surface area contributed by atoms with Crippen LogP contribution in [0.5, 0.6) is 11.5 Å². The van der Waals surface area contributed by atoms with Gasteiger partial charge in [0.05, 0.1) is 0 Å². The zero-order valence-corrected chi connectivity index (χ0v) is 25.6. The molecule has 0 heterocycles. The second-order valence-corrected chi connectivity index (χ2v) is 11.1. The first-order valence-electron chi connectivity index (χ1n) is 15.0. The van der Waals surface area contributed by atoms with E-state index in [0.717, 1.165) is 67.3 Å². The monoisotopic (exact) mass is 692 g/mol. The first kappa shape index (κ1) is 35.3. The van der Waals surface area contributed by atoms with E-state index in [9.17, 15) is 22.0 Å². The smallest absolute Gasteiger partial charge is 0.429 e. The minimum atomic E-state index is -5.11. The fraction of sp³-hybridized carbons (Fsp3) is 0.189. The van der Waals surface area contributed by atoms with Crippen LogP contribution in [-0.4, -0.2) is 6.36 Å². The molecule has 0 saturated carbocycles. The molecule has 5 aromatic carbocycles. The maximum absolute atomic E-state index is 15.2. The lowest BCUT2D eigenvalue weighted by atomic mass is 9.96. The highest BCUT2D eigenvalue weighted by Crippen LogP contribution is 2.39. The number of halogens is 10. The molecule has 0 aliphatic rings. The Morgan fingerprint density at radius 1 is 0.510 bits per heavy atom. The SMILES string of the molecule is CCCCCc1ccc(-c2ccc(-c3cc(F)c(C(F)(F)Oc4ccc(-c5ccc(OC(F)(F)F)c(F)c5)cc4)c(F)c3)c(F)c2)c(F)c1. The van der Waals surface area contributed by atoms with Crippen molar-refractivity contribution in [2.75, 3.05) is 0 Å². The Bertz CT molecular complexity index is 1930. The summed E-state index contributed by atoms with van der Waals surface area (Å²) in [5.74, 6) is -7.97. The van der Waals surface area contributed by atoms with Crippen molar-refractivity contribution >= 4 is 0 Å². The van der Waals surface area contributed by atoms with Gasteiger partial charge in [0.2, 0.25) is 0 Å². The molecule has 0 aliphatic heterocycles. The molecule has 0 aliphatic carbocycles. The van der Waals surface area contributed by atoms with Crippen molar-refractivity contribution < 1.29 is 53.4 Å². The third-order valence-corrected chi connectivity index (χ3v) is 7.62. The summed E-state index contributed by atoms with van der Waals surface area (Å²) in [7, 11) is 0. The van der Waals surface area contributed by atoms with Crippen molar-refractivity contribution in [1.29, 1.82) is 0 Å². The summed E-state index contributed by atoms with van der Waals surface area (Å²) in [6.07, 6.45) is -6.08. The van der Waals surface area contributed by atoms with Crippen molar-refractivity contribution in [2.45, 2.75) is 45.1 Å². The minimum Gasteiger partial charge on any atom is -0.429 e. The van der Waals surface area contributed by atoms with Crippen LogP contribution in [0.1, 0.15) is 37.3 Å². The lowest BCUT2D eigenvalue weighted by molar-refractivity contribution is -0.275. The number of rotatable bonds is 11. The van der Waals surface area contributed by atoms with E-state index in [0.29, 0.717) is 18.6 Å². The predicted octanol–water partition coefficient (Wildman–Crippen LogP) is 12.1. The predicted molar refractivity (Wildman–Crippen MR) is 163 cm³/mol. The zero-order valence-electron chi connectivity index (χ0n) is 25.6. The molecule has 0 fully saturated rings. The van der Waals surface area contributed by atoms with Gasteiger partial charge in [-0.15, -0.1) is 13.2 Å². The summed E-state index contributed by atoms with van der Waals surface area (Å²) in [5.41, 5.74) is -1.14. The van der Waals surface area contributed by atoms with E-state index in [-0.39, 0.29) is 27.8 Å². The molecule has 0 bridgehead atoms. The molecule has 49 heavy (non-hydrogen) atoms. The Morgan fingerprint density at radius 3 is 1.65 bits per heavy atom. The second-order valence-electron chi connectivity index (χ2n) is 11.1. The van der Waals surface area contributed by atoms with Gasteiger partial charge in [-0.05, 0) is 89.2 Å².